The first-order chi connectivity index (χ1) is 34.8. The number of hydrogen-bond acceptors (Lipinski definition) is 16. The topological polar surface area (TPSA) is 458 Å². The van der Waals surface area contributed by atoms with Crippen molar-refractivity contribution in [3.8, 4) is 0 Å². The number of aliphatic hydroxyl groups is 1. The first-order valence-corrected chi connectivity index (χ1v) is 25.3. The highest BCUT2D eigenvalue weighted by molar-refractivity contribution is 7.98. The van der Waals surface area contributed by atoms with Crippen LogP contribution in [0.25, 0.3) is 0 Å². The van der Waals surface area contributed by atoms with Crippen molar-refractivity contribution in [1.29, 1.82) is 0 Å². The van der Waals surface area contributed by atoms with Crippen LogP contribution in [0.15, 0.2) is 30.3 Å². The molecule has 0 aromatic heterocycles. The van der Waals surface area contributed by atoms with E-state index in [2.05, 4.69) is 47.9 Å². The van der Waals surface area contributed by atoms with Crippen LogP contribution in [0, 0.1) is 5.92 Å². The molecule has 414 valence electrons. The number of carbonyl (C=O) groups excluding carboxylic acids is 11. The van der Waals surface area contributed by atoms with Gasteiger partial charge in [0.1, 0.15) is 48.3 Å². The molecule has 0 fully saturated rings. The maximum absolute atomic E-state index is 13.8. The number of nitrogens with two attached hydrogens (primary N) is 4. The second kappa shape index (κ2) is 34.5. The maximum Gasteiger partial charge on any atom is 0.325 e. The summed E-state index contributed by atoms with van der Waals surface area (Å²) in [5.41, 5.74) is 22.4. The third kappa shape index (κ3) is 25.7. The minimum Gasteiger partial charge on any atom is -0.480 e. The SMILES string of the molecule is CSCC[C@H](NC(=O)[C@H](CCC(N)=O)NC(=O)[C@H](CC(C)C)NC(=O)CN)C(=O)NCC(=O)N[C@H](C(=O)N[C@@H](CC(N)=O)C(=O)N[C@@H](CCCCN)C(=O)N[C@@H](Cc1ccccc1)C(=O)N[C@@H](C)C(=O)O)[C@@H](C)O. The van der Waals surface area contributed by atoms with Gasteiger partial charge in [-0.05, 0) is 82.4 Å². The second-order valence-electron chi connectivity index (χ2n) is 17.8. The molecular weight excluding hydrogens is 991 g/mol. The lowest BCUT2D eigenvalue weighted by Crippen LogP contribution is -2.61. The Balaban J connectivity index is 3.28. The van der Waals surface area contributed by atoms with E-state index in [0.29, 0.717) is 17.7 Å². The number of unbranched alkanes of at least 4 members (excludes halogenated alkanes) is 1. The molecule has 28 heteroatoms. The summed E-state index contributed by atoms with van der Waals surface area (Å²) in [7, 11) is 0. The number of aliphatic carboxylic acids is 1. The molecule has 0 unspecified atom stereocenters. The van der Waals surface area contributed by atoms with Gasteiger partial charge in [0.15, 0.2) is 0 Å². The standard InChI is InChI=1S/C46H75N13O14S/c1-24(2)19-31(53-36(63)22-48)43(69)55-29(14-15-34(49)61)41(67)56-30(16-18-74-5)39(65)51-23-37(64)59-38(26(4)60)45(71)58-33(21-35(50)62)44(70)54-28(13-9-10-17-47)40(66)57-32(20-27-11-7-6-8-12-27)42(68)52-25(3)46(72)73/h6-8,11-12,24-26,28-33,38,60H,9-10,13-23,47-48H2,1-5H3,(H2,49,61)(H2,50,62)(H,51,65)(H,52,68)(H,53,63)(H,54,70)(H,55,69)(H,56,67)(H,57,66)(H,58,71)(H,59,64)(H,72,73)/t25-,26+,28-,29-,30-,31-,32-,33-,38-/m0/s1. The van der Waals surface area contributed by atoms with E-state index in [1.807, 2.05) is 0 Å². The molecule has 0 heterocycles. The first-order valence-electron chi connectivity index (χ1n) is 23.9. The third-order valence-electron chi connectivity index (χ3n) is 10.9. The van der Waals surface area contributed by atoms with Gasteiger partial charge < -0.3 is 81.0 Å². The number of rotatable bonds is 36. The Morgan fingerprint density at radius 1 is 0.581 bits per heavy atom. The molecule has 0 radical (unpaired) electrons. The van der Waals surface area contributed by atoms with Gasteiger partial charge in [-0.1, -0.05) is 44.2 Å². The smallest absolute Gasteiger partial charge is 0.325 e. The molecule has 0 saturated heterocycles. The lowest BCUT2D eigenvalue weighted by atomic mass is 10.0. The lowest BCUT2D eigenvalue weighted by Gasteiger charge is -2.27. The molecule has 0 spiro atoms. The number of benzene rings is 1. The Labute approximate surface area is 433 Å². The number of carbonyl (C=O) groups is 12. The molecule has 0 aliphatic carbocycles. The molecule has 0 saturated carbocycles. The van der Waals surface area contributed by atoms with Crippen molar-refractivity contribution in [3.63, 3.8) is 0 Å². The number of thioether (sulfide) groups is 1. The van der Waals surface area contributed by atoms with Crippen molar-refractivity contribution < 1.29 is 67.7 Å². The van der Waals surface area contributed by atoms with Crippen molar-refractivity contribution in [2.45, 2.75) is 140 Å². The molecule has 74 heavy (non-hydrogen) atoms. The van der Waals surface area contributed by atoms with Gasteiger partial charge in [-0.25, -0.2) is 0 Å². The molecule has 1 rings (SSSR count). The van der Waals surface area contributed by atoms with Crippen LogP contribution in [0.4, 0.5) is 0 Å². The van der Waals surface area contributed by atoms with Gasteiger partial charge in [0.25, 0.3) is 0 Å². The summed E-state index contributed by atoms with van der Waals surface area (Å²) in [4.78, 5) is 156. The van der Waals surface area contributed by atoms with E-state index >= 15 is 0 Å². The Hall–Kier alpha value is -6.91. The highest BCUT2D eigenvalue weighted by atomic mass is 32.2. The van der Waals surface area contributed by atoms with Crippen molar-refractivity contribution >= 4 is 82.7 Å². The van der Waals surface area contributed by atoms with Crippen LogP contribution < -0.4 is 70.8 Å². The van der Waals surface area contributed by atoms with Crippen molar-refractivity contribution in [3.05, 3.63) is 35.9 Å². The first kappa shape index (κ1) is 65.1. The van der Waals surface area contributed by atoms with E-state index in [0.717, 1.165) is 6.92 Å². The summed E-state index contributed by atoms with van der Waals surface area (Å²) >= 11 is 1.31. The number of nitrogens with one attached hydrogen (secondary N) is 9. The zero-order valence-electron chi connectivity index (χ0n) is 42.4. The number of carboxylic acid groups (broad SMARTS) is 1. The number of hydrogen-bond donors (Lipinski definition) is 15. The molecule has 1 aromatic carbocycles. The molecule has 1 aromatic rings. The van der Waals surface area contributed by atoms with Crippen LogP contribution >= 0.6 is 11.8 Å². The summed E-state index contributed by atoms with van der Waals surface area (Å²) in [5, 5.41) is 41.6. The third-order valence-corrected chi connectivity index (χ3v) is 11.5. The number of carboxylic acids is 1. The monoisotopic (exact) mass is 1070 g/mol. The Morgan fingerprint density at radius 3 is 1.62 bits per heavy atom. The van der Waals surface area contributed by atoms with Crippen LogP contribution in [0.2, 0.25) is 0 Å². The normalized spacial score (nSPS) is 14.6. The van der Waals surface area contributed by atoms with E-state index in [4.69, 9.17) is 22.9 Å². The molecule has 9 atom stereocenters. The summed E-state index contributed by atoms with van der Waals surface area (Å²) in [5.74, 6) is -11.3. The fourth-order valence-electron chi connectivity index (χ4n) is 6.89. The largest absolute Gasteiger partial charge is 0.480 e. The molecule has 0 aliphatic heterocycles. The van der Waals surface area contributed by atoms with E-state index in [1.165, 1.54) is 18.7 Å². The van der Waals surface area contributed by atoms with Gasteiger partial charge in [0.05, 0.1) is 25.6 Å². The van der Waals surface area contributed by atoms with Gasteiger partial charge in [0.2, 0.25) is 65.0 Å². The Kier molecular flexibility index (Phi) is 30.4. The zero-order valence-corrected chi connectivity index (χ0v) is 43.2. The highest BCUT2D eigenvalue weighted by Crippen LogP contribution is 2.11. The van der Waals surface area contributed by atoms with Crippen molar-refractivity contribution in [2.24, 2.45) is 28.9 Å². The zero-order chi connectivity index (χ0) is 56.1. The summed E-state index contributed by atoms with van der Waals surface area (Å²) in [6, 6.07) is -3.09. The minimum absolute atomic E-state index is 0.00655. The fraction of sp³-hybridized carbons (Fsp3) is 0.609. The number of primary amides is 2. The average molecular weight is 1070 g/mol. The van der Waals surface area contributed by atoms with E-state index in [-0.39, 0.29) is 57.4 Å². The van der Waals surface area contributed by atoms with E-state index in [1.54, 1.807) is 50.4 Å². The minimum atomic E-state index is -1.83. The number of amides is 11. The molecule has 0 bridgehead atoms. The maximum atomic E-state index is 13.8. The molecule has 19 N–H and O–H groups in total. The Morgan fingerprint density at radius 2 is 1.11 bits per heavy atom. The summed E-state index contributed by atoms with van der Waals surface area (Å²) in [6.07, 6.45) is -0.706. The van der Waals surface area contributed by atoms with Gasteiger partial charge in [-0.2, -0.15) is 11.8 Å². The van der Waals surface area contributed by atoms with Crippen LogP contribution in [-0.4, -0.2) is 167 Å². The molecule has 0 aliphatic rings. The van der Waals surface area contributed by atoms with Gasteiger partial charge in [-0.3, -0.25) is 57.5 Å². The van der Waals surface area contributed by atoms with Gasteiger partial charge in [0, 0.05) is 12.8 Å². The van der Waals surface area contributed by atoms with Gasteiger partial charge in [-0.15, -0.1) is 0 Å². The average Bonchev–Trinajstić information content (AvgIpc) is 3.33. The van der Waals surface area contributed by atoms with Crippen LogP contribution in [0.1, 0.15) is 84.6 Å². The second-order valence-corrected chi connectivity index (χ2v) is 18.7. The molecule has 11 amide bonds. The predicted octanol–water partition coefficient (Wildman–Crippen LogP) is -5.26. The van der Waals surface area contributed by atoms with Crippen molar-refractivity contribution in [1.82, 2.24) is 47.9 Å². The predicted molar refractivity (Wildman–Crippen MR) is 270 cm³/mol. The summed E-state index contributed by atoms with van der Waals surface area (Å²) < 4.78 is 0. The highest BCUT2D eigenvalue weighted by Gasteiger charge is 2.35. The quantitative estimate of drug-likeness (QED) is 0.0279. The van der Waals surface area contributed by atoms with E-state index < -0.39 is 145 Å². The molecule has 27 nitrogen and oxygen atoms in total. The number of aliphatic hydroxyl groups excluding tert-OH is 1. The van der Waals surface area contributed by atoms with Crippen LogP contribution in [0.5, 0.6) is 0 Å². The Bertz CT molecular complexity index is 2080. The van der Waals surface area contributed by atoms with E-state index in [9.17, 15) is 67.7 Å². The fourth-order valence-corrected chi connectivity index (χ4v) is 7.37. The van der Waals surface area contributed by atoms with Crippen LogP contribution in [0.3, 0.4) is 0 Å². The lowest BCUT2D eigenvalue weighted by molar-refractivity contribution is -0.141. The summed E-state index contributed by atoms with van der Waals surface area (Å²) in [6.45, 7) is 4.90. The molecular formula is C46H75N13O14S. The van der Waals surface area contributed by atoms with Crippen LogP contribution in [-0.2, 0) is 64.0 Å². The van der Waals surface area contributed by atoms with Gasteiger partial charge >= 0.3 is 5.97 Å². The van der Waals surface area contributed by atoms with Crippen molar-refractivity contribution in [2.75, 3.05) is 31.6 Å².